The molecule has 0 bridgehead atoms. The van der Waals surface area contributed by atoms with E-state index in [9.17, 15) is 18.0 Å². The van der Waals surface area contributed by atoms with Gasteiger partial charge in [-0.05, 0) is 0 Å². The Hall–Kier alpha value is -1.35. The van der Waals surface area contributed by atoms with Crippen LogP contribution in [-0.4, -0.2) is 49.2 Å². The molecule has 0 amide bonds. The van der Waals surface area contributed by atoms with E-state index in [1.54, 1.807) is 4.90 Å². The van der Waals surface area contributed by atoms with Crippen molar-refractivity contribution in [2.75, 3.05) is 13.1 Å². The van der Waals surface area contributed by atoms with Crippen LogP contribution in [0.25, 0.3) is 0 Å². The first-order valence-corrected chi connectivity index (χ1v) is 5.81. The van der Waals surface area contributed by atoms with Gasteiger partial charge in [0.1, 0.15) is 11.2 Å². The van der Waals surface area contributed by atoms with Gasteiger partial charge in [-0.25, -0.2) is 0 Å². The summed E-state index contributed by atoms with van der Waals surface area (Å²) in [6, 6.07) is 0. The summed E-state index contributed by atoms with van der Waals surface area (Å²) < 4.78 is 38.8. The van der Waals surface area contributed by atoms with E-state index < -0.39 is 23.3 Å². The van der Waals surface area contributed by atoms with Crippen LogP contribution >= 0.6 is 11.6 Å². The maximum atomic E-state index is 12.6. The van der Waals surface area contributed by atoms with E-state index in [2.05, 4.69) is 10.2 Å². The number of carboxylic acid groups (broad SMARTS) is 1. The molecule has 0 aromatic carbocycles. The Morgan fingerprint density at radius 1 is 1.42 bits per heavy atom. The number of fused-ring (bicyclic) bond motifs is 1. The van der Waals surface area contributed by atoms with Gasteiger partial charge in [0, 0.05) is 19.6 Å². The van der Waals surface area contributed by atoms with Gasteiger partial charge in [-0.3, -0.25) is 9.69 Å². The molecule has 1 atom stereocenters. The Morgan fingerprint density at radius 3 is 2.68 bits per heavy atom. The molecule has 0 saturated heterocycles. The highest BCUT2D eigenvalue weighted by molar-refractivity contribution is 6.29. The van der Waals surface area contributed by atoms with Crippen molar-refractivity contribution in [2.24, 2.45) is 0 Å². The van der Waals surface area contributed by atoms with Crippen LogP contribution in [0.2, 0.25) is 0 Å². The number of rotatable bonds is 3. The van der Waals surface area contributed by atoms with E-state index >= 15 is 0 Å². The lowest BCUT2D eigenvalue weighted by molar-refractivity contribution is -0.148. The van der Waals surface area contributed by atoms with Crippen molar-refractivity contribution in [1.82, 2.24) is 19.7 Å². The summed E-state index contributed by atoms with van der Waals surface area (Å²) in [4.78, 5) is 12.2. The molecule has 19 heavy (non-hydrogen) atoms. The number of carbonyl (C=O) groups is 1. The van der Waals surface area contributed by atoms with Gasteiger partial charge in [0.05, 0.1) is 6.54 Å². The Balaban J connectivity index is 2.10. The number of nitrogens with zero attached hydrogens (tertiary/aromatic N) is 4. The van der Waals surface area contributed by atoms with E-state index in [0.717, 1.165) is 4.57 Å². The lowest BCUT2D eigenvalue weighted by Gasteiger charge is -2.28. The van der Waals surface area contributed by atoms with Gasteiger partial charge in [-0.15, -0.1) is 21.8 Å². The fraction of sp³-hybridized carbons (Fsp3) is 0.667. The van der Waals surface area contributed by atoms with Gasteiger partial charge in [0.15, 0.2) is 0 Å². The van der Waals surface area contributed by atoms with Crippen molar-refractivity contribution in [1.29, 1.82) is 0 Å². The van der Waals surface area contributed by atoms with E-state index in [-0.39, 0.29) is 32.0 Å². The van der Waals surface area contributed by atoms with Crippen LogP contribution in [0.4, 0.5) is 13.2 Å². The topological polar surface area (TPSA) is 71.2 Å². The van der Waals surface area contributed by atoms with E-state index in [1.807, 2.05) is 0 Å². The molecule has 10 heteroatoms. The standard InChI is InChI=1S/C9H10ClF3N4O2/c10-5(7(18)19)3-16-1-2-17-6(4-16)14-15-8(17)9(11,12)13/h5H,1-4H2,(H,18,19). The highest BCUT2D eigenvalue weighted by atomic mass is 35.5. The predicted molar refractivity (Wildman–Crippen MR) is 57.6 cm³/mol. The first-order valence-electron chi connectivity index (χ1n) is 5.37. The molecule has 1 aromatic heterocycles. The third-order valence-corrected chi connectivity index (χ3v) is 3.10. The molecule has 1 aliphatic rings. The van der Waals surface area contributed by atoms with Crippen LogP contribution in [0.5, 0.6) is 0 Å². The minimum atomic E-state index is -4.54. The largest absolute Gasteiger partial charge is 0.480 e. The second-order valence-corrected chi connectivity index (χ2v) is 4.66. The van der Waals surface area contributed by atoms with Crippen molar-refractivity contribution in [3.8, 4) is 0 Å². The second kappa shape index (κ2) is 4.97. The molecule has 1 aliphatic heterocycles. The van der Waals surface area contributed by atoms with Gasteiger partial charge in [-0.1, -0.05) is 0 Å². The number of hydrogen-bond acceptors (Lipinski definition) is 4. The summed E-state index contributed by atoms with van der Waals surface area (Å²) in [6.45, 7) is 0.468. The van der Waals surface area contributed by atoms with Crippen LogP contribution in [0, 0.1) is 0 Å². The minimum Gasteiger partial charge on any atom is -0.480 e. The molecule has 0 fully saturated rings. The van der Waals surface area contributed by atoms with Crippen LogP contribution in [-0.2, 0) is 24.1 Å². The maximum Gasteiger partial charge on any atom is 0.451 e. The summed E-state index contributed by atoms with van der Waals surface area (Å²) >= 11 is 5.59. The molecule has 2 heterocycles. The lowest BCUT2D eigenvalue weighted by atomic mass is 10.3. The quantitative estimate of drug-likeness (QED) is 0.836. The Bertz CT molecular complexity index is 490. The summed E-state index contributed by atoms with van der Waals surface area (Å²) in [5, 5.41) is 14.2. The van der Waals surface area contributed by atoms with E-state index in [1.165, 1.54) is 0 Å². The molecular weight excluding hydrogens is 289 g/mol. The van der Waals surface area contributed by atoms with Crippen LogP contribution in [0.15, 0.2) is 0 Å². The highest BCUT2D eigenvalue weighted by Crippen LogP contribution is 2.29. The smallest absolute Gasteiger partial charge is 0.451 e. The fourth-order valence-corrected chi connectivity index (χ4v) is 2.07. The molecule has 0 radical (unpaired) electrons. The Kier molecular flexibility index (Phi) is 3.68. The molecule has 0 saturated carbocycles. The summed E-state index contributed by atoms with van der Waals surface area (Å²) in [5.41, 5.74) is 0. The summed E-state index contributed by atoms with van der Waals surface area (Å²) in [5.74, 6) is -2.03. The minimum absolute atomic E-state index is 0.0467. The molecule has 1 unspecified atom stereocenters. The van der Waals surface area contributed by atoms with Crippen LogP contribution < -0.4 is 0 Å². The predicted octanol–water partition coefficient (Wildman–Crippen LogP) is 0.804. The first kappa shape index (κ1) is 14.1. The normalized spacial score (nSPS) is 18.1. The Morgan fingerprint density at radius 2 is 2.11 bits per heavy atom. The van der Waals surface area contributed by atoms with Gasteiger partial charge < -0.3 is 9.67 Å². The van der Waals surface area contributed by atoms with Gasteiger partial charge >= 0.3 is 12.1 Å². The maximum absolute atomic E-state index is 12.6. The van der Waals surface area contributed by atoms with Crippen molar-refractivity contribution >= 4 is 17.6 Å². The average Bonchev–Trinajstić information content (AvgIpc) is 2.71. The van der Waals surface area contributed by atoms with E-state index in [0.29, 0.717) is 0 Å². The number of hydrogen-bond donors (Lipinski definition) is 1. The average molecular weight is 299 g/mol. The third-order valence-electron chi connectivity index (χ3n) is 2.77. The zero-order valence-corrected chi connectivity index (χ0v) is 10.3. The lowest BCUT2D eigenvalue weighted by Crippen LogP contribution is -2.40. The van der Waals surface area contributed by atoms with E-state index in [4.69, 9.17) is 16.7 Å². The van der Waals surface area contributed by atoms with Crippen LogP contribution in [0.1, 0.15) is 11.6 Å². The first-order chi connectivity index (χ1) is 8.79. The Labute approximate surface area is 110 Å². The zero-order valence-electron chi connectivity index (χ0n) is 9.56. The van der Waals surface area contributed by atoms with Crippen molar-refractivity contribution in [3.05, 3.63) is 11.6 Å². The van der Waals surface area contributed by atoms with Crippen molar-refractivity contribution in [3.63, 3.8) is 0 Å². The molecule has 6 nitrogen and oxygen atoms in total. The number of alkyl halides is 4. The van der Waals surface area contributed by atoms with Crippen molar-refractivity contribution < 1.29 is 23.1 Å². The molecule has 1 aromatic rings. The SMILES string of the molecule is O=C(O)C(Cl)CN1CCn2c(nnc2C(F)(F)F)C1. The van der Waals surface area contributed by atoms with Crippen LogP contribution in [0.3, 0.4) is 0 Å². The summed E-state index contributed by atoms with van der Waals surface area (Å²) in [6.07, 6.45) is -4.54. The summed E-state index contributed by atoms with van der Waals surface area (Å²) in [7, 11) is 0. The number of aliphatic carboxylic acids is 1. The molecule has 0 aliphatic carbocycles. The number of halogens is 4. The van der Waals surface area contributed by atoms with Gasteiger partial charge in [0.25, 0.3) is 0 Å². The molecule has 2 rings (SSSR count). The number of carboxylic acids is 1. The molecule has 0 spiro atoms. The second-order valence-electron chi connectivity index (χ2n) is 4.13. The number of aromatic nitrogens is 3. The molecule has 106 valence electrons. The third kappa shape index (κ3) is 2.98. The van der Waals surface area contributed by atoms with Gasteiger partial charge in [0.2, 0.25) is 5.82 Å². The molecular formula is C9H10ClF3N4O2. The molecule has 1 N–H and O–H groups in total. The zero-order chi connectivity index (χ0) is 14.2. The monoisotopic (exact) mass is 298 g/mol. The highest BCUT2D eigenvalue weighted by Gasteiger charge is 2.39. The van der Waals surface area contributed by atoms with Gasteiger partial charge in [-0.2, -0.15) is 13.2 Å². The van der Waals surface area contributed by atoms with Crippen molar-refractivity contribution in [2.45, 2.75) is 24.6 Å². The fourth-order valence-electron chi connectivity index (χ4n) is 1.88.